The van der Waals surface area contributed by atoms with Crippen molar-refractivity contribution in [3.05, 3.63) is 65.7 Å². The highest BCUT2D eigenvalue weighted by molar-refractivity contribution is 5.85. The predicted octanol–water partition coefficient (Wildman–Crippen LogP) is 4.61. The molecule has 0 spiro atoms. The summed E-state index contributed by atoms with van der Waals surface area (Å²) in [6.07, 6.45) is 6.05. The summed E-state index contributed by atoms with van der Waals surface area (Å²) < 4.78 is 5.87. The highest BCUT2D eigenvalue weighted by Crippen LogP contribution is 2.16. The molecule has 2 aromatic rings. The number of halogens is 1. The summed E-state index contributed by atoms with van der Waals surface area (Å²) >= 11 is 0. The lowest BCUT2D eigenvalue weighted by Crippen LogP contribution is -2.35. The van der Waals surface area contributed by atoms with Gasteiger partial charge >= 0.3 is 0 Å². The van der Waals surface area contributed by atoms with E-state index >= 15 is 0 Å². The molecule has 0 aromatic heterocycles. The third kappa shape index (κ3) is 5.89. The fourth-order valence-electron chi connectivity index (χ4n) is 3.02. The minimum absolute atomic E-state index is 0. The molecule has 0 amide bonds. The Kier molecular flexibility index (Phi) is 7.44. The zero-order valence-electron chi connectivity index (χ0n) is 13.5. The first-order valence-corrected chi connectivity index (χ1v) is 8.39. The topological polar surface area (TPSA) is 21.3 Å². The van der Waals surface area contributed by atoms with Crippen molar-refractivity contribution >= 4 is 12.4 Å². The van der Waals surface area contributed by atoms with Crippen LogP contribution in [0.25, 0.3) is 0 Å². The van der Waals surface area contributed by atoms with Crippen LogP contribution in [0.1, 0.15) is 36.8 Å². The van der Waals surface area contributed by atoms with Crippen LogP contribution in [0, 0.1) is 0 Å². The molecule has 0 radical (unpaired) electrons. The SMILES string of the molecule is Cl.c1ccc(Cc2ccc(OCCC3CCCCN3)cc2)cc1. The van der Waals surface area contributed by atoms with E-state index in [-0.39, 0.29) is 12.4 Å². The Morgan fingerprint density at radius 3 is 2.35 bits per heavy atom. The second kappa shape index (κ2) is 9.59. The predicted molar refractivity (Wildman–Crippen MR) is 98.7 cm³/mol. The molecule has 0 aliphatic carbocycles. The van der Waals surface area contributed by atoms with Gasteiger partial charge in [-0.05, 0) is 55.5 Å². The van der Waals surface area contributed by atoms with Crippen molar-refractivity contribution in [1.82, 2.24) is 5.32 Å². The molecule has 1 aliphatic heterocycles. The summed E-state index contributed by atoms with van der Waals surface area (Å²) in [5.74, 6) is 0.979. The summed E-state index contributed by atoms with van der Waals surface area (Å²) in [6, 6.07) is 19.7. The zero-order chi connectivity index (χ0) is 15.0. The molecule has 0 bridgehead atoms. The van der Waals surface area contributed by atoms with E-state index in [0.29, 0.717) is 6.04 Å². The average Bonchev–Trinajstić information content (AvgIpc) is 2.58. The van der Waals surface area contributed by atoms with Gasteiger partial charge in [-0.3, -0.25) is 0 Å². The van der Waals surface area contributed by atoms with Crippen molar-refractivity contribution in [2.24, 2.45) is 0 Å². The number of benzene rings is 2. The van der Waals surface area contributed by atoms with Crippen LogP contribution in [0.4, 0.5) is 0 Å². The third-order valence-corrected chi connectivity index (χ3v) is 4.32. The summed E-state index contributed by atoms with van der Waals surface area (Å²) in [4.78, 5) is 0. The van der Waals surface area contributed by atoms with E-state index in [2.05, 4.69) is 59.9 Å². The van der Waals surface area contributed by atoms with Crippen LogP contribution in [0.3, 0.4) is 0 Å². The molecule has 1 unspecified atom stereocenters. The lowest BCUT2D eigenvalue weighted by Gasteiger charge is -2.23. The van der Waals surface area contributed by atoms with Gasteiger partial charge in [-0.1, -0.05) is 48.9 Å². The first kappa shape index (κ1) is 17.8. The van der Waals surface area contributed by atoms with Crippen LogP contribution in [-0.2, 0) is 6.42 Å². The Morgan fingerprint density at radius 2 is 1.65 bits per heavy atom. The molecule has 2 nitrogen and oxygen atoms in total. The standard InChI is InChI=1S/C20H25NO.ClH/c1-2-6-17(7-3-1)16-18-9-11-20(12-10-18)22-15-13-19-8-4-5-14-21-19;/h1-3,6-7,9-12,19,21H,4-5,8,13-16H2;1H. The number of hydrogen-bond acceptors (Lipinski definition) is 2. The van der Waals surface area contributed by atoms with Gasteiger partial charge in [0.15, 0.2) is 0 Å². The summed E-state index contributed by atoms with van der Waals surface area (Å²) in [5.41, 5.74) is 2.67. The van der Waals surface area contributed by atoms with Gasteiger partial charge in [0, 0.05) is 6.04 Å². The van der Waals surface area contributed by atoms with Crippen LogP contribution in [0.15, 0.2) is 54.6 Å². The van der Waals surface area contributed by atoms with Crippen molar-refractivity contribution in [3.8, 4) is 5.75 Å². The van der Waals surface area contributed by atoms with Gasteiger partial charge in [0.05, 0.1) is 6.61 Å². The molecule has 1 aliphatic rings. The molecule has 1 atom stereocenters. The monoisotopic (exact) mass is 331 g/mol. The molecule has 3 rings (SSSR count). The van der Waals surface area contributed by atoms with Crippen LogP contribution >= 0.6 is 12.4 Å². The van der Waals surface area contributed by atoms with E-state index in [0.717, 1.165) is 25.2 Å². The maximum Gasteiger partial charge on any atom is 0.119 e. The quantitative estimate of drug-likeness (QED) is 0.834. The van der Waals surface area contributed by atoms with Crippen molar-refractivity contribution in [2.45, 2.75) is 38.1 Å². The molecule has 1 fully saturated rings. The Morgan fingerprint density at radius 1 is 0.913 bits per heavy atom. The molecule has 0 saturated carbocycles. The van der Waals surface area contributed by atoms with Crippen molar-refractivity contribution in [2.75, 3.05) is 13.2 Å². The van der Waals surface area contributed by atoms with Crippen molar-refractivity contribution in [3.63, 3.8) is 0 Å². The Hall–Kier alpha value is -1.51. The number of ether oxygens (including phenoxy) is 1. The summed E-state index contributed by atoms with van der Waals surface area (Å²) in [7, 11) is 0. The highest BCUT2D eigenvalue weighted by atomic mass is 35.5. The smallest absolute Gasteiger partial charge is 0.119 e. The van der Waals surface area contributed by atoms with Crippen molar-refractivity contribution < 1.29 is 4.74 Å². The number of hydrogen-bond donors (Lipinski definition) is 1. The van der Waals surface area contributed by atoms with Gasteiger partial charge in [0.2, 0.25) is 0 Å². The Labute approximate surface area is 145 Å². The first-order valence-electron chi connectivity index (χ1n) is 8.39. The van der Waals surface area contributed by atoms with Gasteiger partial charge in [-0.25, -0.2) is 0 Å². The van der Waals surface area contributed by atoms with Gasteiger partial charge in [0.1, 0.15) is 5.75 Å². The average molecular weight is 332 g/mol. The van der Waals surface area contributed by atoms with Crippen LogP contribution in [-0.4, -0.2) is 19.2 Å². The van der Waals surface area contributed by atoms with E-state index in [1.807, 2.05) is 0 Å². The van der Waals surface area contributed by atoms with Crippen LogP contribution < -0.4 is 10.1 Å². The lowest BCUT2D eigenvalue weighted by atomic mass is 10.0. The fourth-order valence-corrected chi connectivity index (χ4v) is 3.02. The van der Waals surface area contributed by atoms with E-state index in [9.17, 15) is 0 Å². The van der Waals surface area contributed by atoms with Crippen molar-refractivity contribution in [1.29, 1.82) is 0 Å². The van der Waals surface area contributed by atoms with E-state index in [1.165, 1.54) is 36.9 Å². The number of rotatable bonds is 6. The molecule has 2 aromatic carbocycles. The largest absolute Gasteiger partial charge is 0.494 e. The molecule has 124 valence electrons. The van der Waals surface area contributed by atoms with E-state index in [1.54, 1.807) is 0 Å². The van der Waals surface area contributed by atoms with E-state index < -0.39 is 0 Å². The minimum Gasteiger partial charge on any atom is -0.494 e. The maximum absolute atomic E-state index is 5.87. The van der Waals surface area contributed by atoms with E-state index in [4.69, 9.17) is 4.74 Å². The summed E-state index contributed by atoms with van der Waals surface area (Å²) in [5, 5.41) is 3.56. The highest BCUT2D eigenvalue weighted by Gasteiger charge is 2.11. The van der Waals surface area contributed by atoms with Gasteiger partial charge < -0.3 is 10.1 Å². The lowest BCUT2D eigenvalue weighted by molar-refractivity contribution is 0.268. The van der Waals surface area contributed by atoms with Crippen LogP contribution in [0.2, 0.25) is 0 Å². The molecule has 1 N–H and O–H groups in total. The molecular weight excluding hydrogens is 306 g/mol. The Bertz CT molecular complexity index is 550. The van der Waals surface area contributed by atoms with Gasteiger partial charge in [-0.2, -0.15) is 0 Å². The zero-order valence-corrected chi connectivity index (χ0v) is 14.4. The van der Waals surface area contributed by atoms with Crippen LogP contribution in [0.5, 0.6) is 5.75 Å². The molecule has 1 saturated heterocycles. The number of piperidine rings is 1. The van der Waals surface area contributed by atoms with Gasteiger partial charge in [-0.15, -0.1) is 12.4 Å². The van der Waals surface area contributed by atoms with Gasteiger partial charge in [0.25, 0.3) is 0 Å². The first-order chi connectivity index (χ1) is 10.9. The molecule has 23 heavy (non-hydrogen) atoms. The maximum atomic E-state index is 5.87. The fraction of sp³-hybridized carbons (Fsp3) is 0.400. The second-order valence-electron chi connectivity index (χ2n) is 6.09. The molecule has 3 heteroatoms. The third-order valence-electron chi connectivity index (χ3n) is 4.32. The molecular formula is C20H26ClNO. The Balaban J connectivity index is 0.00000192. The normalized spacial score (nSPS) is 17.3. The second-order valence-corrected chi connectivity index (χ2v) is 6.09. The minimum atomic E-state index is 0. The number of nitrogens with one attached hydrogen (secondary N) is 1. The molecule has 1 heterocycles. The summed E-state index contributed by atoms with van der Waals surface area (Å²) in [6.45, 7) is 1.97.